The minimum absolute atomic E-state index is 0.217. The minimum atomic E-state index is -0.512. The Bertz CT molecular complexity index is 1040. The molecular formula is C21H18N4O3. The standard InChI is InChI=1S/C21H18N4O3/c26-12-19(13-4-2-1-3-5-13)24-20(27)14-6-7-18-16(10-14)17(21(28)23-18)11-15-8-9-22-25-15/h1-11,19,26H,12H2,(H,22,25)(H,23,28)(H,24,27)/b17-11-/t19-/m1/s1. The molecule has 0 saturated carbocycles. The third-order valence-electron chi connectivity index (χ3n) is 4.58. The van der Waals surface area contributed by atoms with E-state index in [0.717, 1.165) is 5.56 Å². The van der Waals surface area contributed by atoms with Crippen LogP contribution in [0.15, 0.2) is 60.8 Å². The predicted octanol–water partition coefficient (Wildman–Crippen LogP) is 2.37. The molecule has 1 atom stereocenters. The molecule has 2 amide bonds. The summed E-state index contributed by atoms with van der Waals surface area (Å²) in [6, 6.07) is 15.5. The molecule has 0 unspecified atom stereocenters. The van der Waals surface area contributed by atoms with Crippen molar-refractivity contribution in [3.8, 4) is 0 Å². The second kappa shape index (κ2) is 7.50. The number of nitrogens with zero attached hydrogens (tertiary/aromatic N) is 1. The summed E-state index contributed by atoms with van der Waals surface area (Å²) in [4.78, 5) is 25.0. The van der Waals surface area contributed by atoms with Crippen molar-refractivity contribution in [3.05, 3.63) is 83.2 Å². The number of hydrogen-bond acceptors (Lipinski definition) is 4. The fourth-order valence-corrected chi connectivity index (χ4v) is 3.14. The van der Waals surface area contributed by atoms with E-state index in [1.807, 2.05) is 30.3 Å². The lowest BCUT2D eigenvalue weighted by Crippen LogP contribution is -2.30. The van der Waals surface area contributed by atoms with Crippen LogP contribution in [0.2, 0.25) is 0 Å². The number of rotatable bonds is 5. The number of anilines is 1. The molecule has 1 aliphatic rings. The number of fused-ring (bicyclic) bond motifs is 1. The molecular weight excluding hydrogens is 356 g/mol. The Morgan fingerprint density at radius 3 is 2.71 bits per heavy atom. The third kappa shape index (κ3) is 3.43. The summed E-state index contributed by atoms with van der Waals surface area (Å²) in [7, 11) is 0. The Morgan fingerprint density at radius 2 is 2.00 bits per heavy atom. The summed E-state index contributed by atoms with van der Waals surface area (Å²) in [5, 5.41) is 21.9. The van der Waals surface area contributed by atoms with Gasteiger partial charge in [0.2, 0.25) is 0 Å². The van der Waals surface area contributed by atoms with Crippen molar-refractivity contribution in [3.63, 3.8) is 0 Å². The van der Waals surface area contributed by atoms with Crippen molar-refractivity contribution in [1.82, 2.24) is 15.5 Å². The number of carbonyl (C=O) groups excluding carboxylic acids is 2. The molecule has 3 aromatic rings. The molecule has 4 N–H and O–H groups in total. The molecule has 28 heavy (non-hydrogen) atoms. The summed E-state index contributed by atoms with van der Waals surface area (Å²) in [6.45, 7) is -0.217. The zero-order chi connectivity index (χ0) is 19.5. The van der Waals surface area contributed by atoms with Crippen LogP contribution in [0.25, 0.3) is 11.6 Å². The zero-order valence-corrected chi connectivity index (χ0v) is 14.8. The smallest absolute Gasteiger partial charge is 0.256 e. The molecule has 140 valence electrons. The van der Waals surface area contributed by atoms with Crippen LogP contribution in [0.5, 0.6) is 0 Å². The lowest BCUT2D eigenvalue weighted by molar-refractivity contribution is -0.110. The maximum absolute atomic E-state index is 12.7. The lowest BCUT2D eigenvalue weighted by atomic mass is 10.0. The predicted molar refractivity (Wildman–Crippen MR) is 105 cm³/mol. The first-order valence-electron chi connectivity index (χ1n) is 8.79. The van der Waals surface area contributed by atoms with E-state index in [0.29, 0.717) is 28.1 Å². The number of H-pyrrole nitrogens is 1. The Balaban J connectivity index is 1.61. The Morgan fingerprint density at radius 1 is 1.18 bits per heavy atom. The number of aromatic nitrogens is 2. The number of aromatic amines is 1. The fraction of sp³-hybridized carbons (Fsp3) is 0.0952. The molecule has 0 bridgehead atoms. The van der Waals surface area contributed by atoms with Crippen molar-refractivity contribution in [2.24, 2.45) is 0 Å². The van der Waals surface area contributed by atoms with Gasteiger partial charge in [-0.2, -0.15) is 5.10 Å². The van der Waals surface area contributed by atoms with Gasteiger partial charge in [0.25, 0.3) is 11.8 Å². The number of amides is 2. The summed E-state index contributed by atoms with van der Waals surface area (Å²) < 4.78 is 0. The zero-order valence-electron chi connectivity index (χ0n) is 14.8. The molecule has 7 heteroatoms. The van der Waals surface area contributed by atoms with E-state index < -0.39 is 6.04 Å². The van der Waals surface area contributed by atoms with Crippen molar-refractivity contribution < 1.29 is 14.7 Å². The molecule has 0 spiro atoms. The maximum Gasteiger partial charge on any atom is 0.256 e. The molecule has 1 aromatic heterocycles. The van der Waals surface area contributed by atoms with Crippen LogP contribution in [-0.4, -0.2) is 33.7 Å². The minimum Gasteiger partial charge on any atom is -0.394 e. The maximum atomic E-state index is 12.7. The van der Waals surface area contributed by atoms with Gasteiger partial charge in [-0.3, -0.25) is 14.7 Å². The topological polar surface area (TPSA) is 107 Å². The van der Waals surface area contributed by atoms with Gasteiger partial charge >= 0.3 is 0 Å². The second-order valence-corrected chi connectivity index (χ2v) is 6.40. The number of hydrogen-bond donors (Lipinski definition) is 4. The van der Waals surface area contributed by atoms with Gasteiger partial charge in [-0.05, 0) is 35.9 Å². The summed E-state index contributed by atoms with van der Waals surface area (Å²) >= 11 is 0. The van der Waals surface area contributed by atoms with E-state index in [1.54, 1.807) is 36.5 Å². The van der Waals surface area contributed by atoms with Crippen molar-refractivity contribution in [1.29, 1.82) is 0 Å². The average molecular weight is 374 g/mol. The average Bonchev–Trinajstić information content (AvgIpc) is 3.34. The number of benzene rings is 2. The van der Waals surface area contributed by atoms with Crippen LogP contribution in [-0.2, 0) is 4.79 Å². The Hall–Kier alpha value is -3.71. The molecule has 0 radical (unpaired) electrons. The Labute approximate surface area is 161 Å². The summed E-state index contributed by atoms with van der Waals surface area (Å²) in [5.41, 5.74) is 3.66. The highest BCUT2D eigenvalue weighted by molar-refractivity contribution is 6.35. The van der Waals surface area contributed by atoms with Gasteiger partial charge in [-0.15, -0.1) is 0 Å². The van der Waals surface area contributed by atoms with Gasteiger partial charge < -0.3 is 15.7 Å². The van der Waals surface area contributed by atoms with Crippen LogP contribution in [0, 0.1) is 0 Å². The monoisotopic (exact) mass is 374 g/mol. The molecule has 0 fully saturated rings. The molecule has 0 saturated heterocycles. The first-order chi connectivity index (χ1) is 13.7. The Kier molecular flexibility index (Phi) is 4.74. The highest BCUT2D eigenvalue weighted by Crippen LogP contribution is 2.33. The highest BCUT2D eigenvalue weighted by atomic mass is 16.3. The molecule has 1 aliphatic heterocycles. The SMILES string of the molecule is O=C1Nc2ccc(C(=O)N[C@H](CO)c3ccccc3)cc2/C1=C/c1ccn[nH]1. The van der Waals surface area contributed by atoms with Crippen LogP contribution in [0.4, 0.5) is 5.69 Å². The molecule has 2 aromatic carbocycles. The van der Waals surface area contributed by atoms with Gasteiger partial charge in [-0.1, -0.05) is 30.3 Å². The second-order valence-electron chi connectivity index (χ2n) is 6.40. The molecule has 0 aliphatic carbocycles. The van der Waals surface area contributed by atoms with Gasteiger partial charge in [0.15, 0.2) is 0 Å². The van der Waals surface area contributed by atoms with E-state index >= 15 is 0 Å². The molecule has 2 heterocycles. The van der Waals surface area contributed by atoms with Crippen LogP contribution in [0.1, 0.15) is 33.2 Å². The number of aliphatic hydroxyl groups is 1. The number of nitrogens with one attached hydrogen (secondary N) is 3. The van der Waals surface area contributed by atoms with Crippen molar-refractivity contribution >= 4 is 29.2 Å². The van der Waals surface area contributed by atoms with E-state index in [4.69, 9.17) is 0 Å². The van der Waals surface area contributed by atoms with Gasteiger partial charge in [0.05, 0.1) is 23.9 Å². The fourth-order valence-electron chi connectivity index (χ4n) is 3.14. The van der Waals surface area contributed by atoms with Gasteiger partial charge in [0.1, 0.15) is 0 Å². The van der Waals surface area contributed by atoms with Crippen LogP contribution < -0.4 is 10.6 Å². The summed E-state index contributed by atoms with van der Waals surface area (Å²) in [6.07, 6.45) is 3.29. The van der Waals surface area contributed by atoms with Crippen LogP contribution in [0.3, 0.4) is 0 Å². The van der Waals surface area contributed by atoms with Gasteiger partial charge in [-0.25, -0.2) is 0 Å². The van der Waals surface area contributed by atoms with E-state index in [-0.39, 0.29) is 18.4 Å². The van der Waals surface area contributed by atoms with Crippen LogP contribution >= 0.6 is 0 Å². The van der Waals surface area contributed by atoms with Gasteiger partial charge in [0, 0.05) is 23.0 Å². The van der Waals surface area contributed by atoms with E-state index in [9.17, 15) is 14.7 Å². The number of carbonyl (C=O) groups is 2. The van der Waals surface area contributed by atoms with Crippen molar-refractivity contribution in [2.45, 2.75) is 6.04 Å². The highest BCUT2D eigenvalue weighted by Gasteiger charge is 2.26. The number of aliphatic hydroxyl groups excluding tert-OH is 1. The summed E-state index contributed by atoms with van der Waals surface area (Å²) in [5.74, 6) is -0.564. The largest absolute Gasteiger partial charge is 0.394 e. The normalized spacial score (nSPS) is 15.2. The van der Waals surface area contributed by atoms with E-state index in [1.165, 1.54) is 0 Å². The van der Waals surface area contributed by atoms with Crippen molar-refractivity contribution in [2.75, 3.05) is 11.9 Å². The first-order valence-corrected chi connectivity index (χ1v) is 8.79. The molecule has 7 nitrogen and oxygen atoms in total. The first kappa shape index (κ1) is 17.7. The molecule has 4 rings (SSSR count). The third-order valence-corrected chi connectivity index (χ3v) is 4.58. The lowest BCUT2D eigenvalue weighted by Gasteiger charge is -2.17. The van der Waals surface area contributed by atoms with E-state index in [2.05, 4.69) is 20.8 Å². The quantitative estimate of drug-likeness (QED) is 0.514.